The fraction of sp³-hybridized carbons (Fsp3) is 0.200. The molecule has 0 bridgehead atoms. The van der Waals surface area contributed by atoms with Crippen molar-refractivity contribution in [3.63, 3.8) is 0 Å². The molecule has 0 heterocycles. The van der Waals surface area contributed by atoms with Gasteiger partial charge in [-0.25, -0.2) is 4.39 Å². The molecule has 2 aromatic rings. The van der Waals surface area contributed by atoms with Gasteiger partial charge in [-0.15, -0.1) is 0 Å². The lowest BCUT2D eigenvalue weighted by molar-refractivity contribution is 0.568. The van der Waals surface area contributed by atoms with Crippen LogP contribution in [0.5, 0.6) is 0 Å². The lowest BCUT2D eigenvalue weighted by atomic mass is 10.1. The van der Waals surface area contributed by atoms with E-state index < -0.39 is 0 Å². The number of nitrogens with one attached hydrogen (secondary N) is 1. The molecule has 0 saturated heterocycles. The summed E-state index contributed by atoms with van der Waals surface area (Å²) in [6.45, 7) is 2.73. The second-order valence-electron chi connectivity index (χ2n) is 4.41. The number of halogens is 3. The Bertz CT molecular complexity index is 572. The smallest absolute Gasteiger partial charge is 0.137 e. The van der Waals surface area contributed by atoms with Gasteiger partial charge in [-0.05, 0) is 58.2 Å². The maximum absolute atomic E-state index is 13.4. The van der Waals surface area contributed by atoms with Crippen LogP contribution in [0.4, 0.5) is 4.39 Å². The van der Waals surface area contributed by atoms with E-state index in [1.165, 1.54) is 5.56 Å². The van der Waals surface area contributed by atoms with Crippen LogP contribution in [0.2, 0.25) is 0 Å². The van der Waals surface area contributed by atoms with Crippen LogP contribution < -0.4 is 5.32 Å². The van der Waals surface area contributed by atoms with Crippen LogP contribution >= 0.6 is 31.9 Å². The number of rotatable bonds is 4. The van der Waals surface area contributed by atoms with E-state index in [2.05, 4.69) is 56.2 Å². The molecule has 100 valence electrons. The zero-order valence-corrected chi connectivity index (χ0v) is 13.6. The highest BCUT2D eigenvalue weighted by atomic mass is 79.9. The minimum Gasteiger partial charge on any atom is -0.306 e. The van der Waals surface area contributed by atoms with E-state index in [-0.39, 0.29) is 11.9 Å². The third-order valence-corrected chi connectivity index (χ3v) is 4.08. The van der Waals surface area contributed by atoms with Gasteiger partial charge >= 0.3 is 0 Å². The molecule has 0 aliphatic rings. The van der Waals surface area contributed by atoms with Crippen molar-refractivity contribution in [2.75, 3.05) is 0 Å². The lowest BCUT2D eigenvalue weighted by Gasteiger charge is -2.15. The molecular formula is C15H14Br2FN. The molecule has 2 aromatic carbocycles. The minimum absolute atomic E-state index is 0.212. The van der Waals surface area contributed by atoms with Crippen molar-refractivity contribution in [2.45, 2.75) is 19.5 Å². The van der Waals surface area contributed by atoms with Crippen molar-refractivity contribution in [1.82, 2.24) is 5.32 Å². The molecule has 0 aromatic heterocycles. The van der Waals surface area contributed by atoms with Crippen LogP contribution in [-0.2, 0) is 6.54 Å². The molecule has 0 aliphatic heterocycles. The summed E-state index contributed by atoms with van der Waals surface area (Å²) in [6, 6.07) is 13.6. The SMILES string of the molecule is CC(NCc1ccc(Br)c(F)c1)c1cccc(Br)c1. The Morgan fingerprint density at radius 3 is 2.63 bits per heavy atom. The Labute approximate surface area is 129 Å². The van der Waals surface area contributed by atoms with E-state index >= 15 is 0 Å². The van der Waals surface area contributed by atoms with Gasteiger partial charge in [0, 0.05) is 17.1 Å². The summed E-state index contributed by atoms with van der Waals surface area (Å²) in [7, 11) is 0. The second kappa shape index (κ2) is 6.64. The molecule has 1 unspecified atom stereocenters. The van der Waals surface area contributed by atoms with Crippen molar-refractivity contribution in [2.24, 2.45) is 0 Å². The topological polar surface area (TPSA) is 12.0 Å². The van der Waals surface area contributed by atoms with Gasteiger partial charge in [-0.2, -0.15) is 0 Å². The Morgan fingerprint density at radius 1 is 1.16 bits per heavy atom. The van der Waals surface area contributed by atoms with Crippen molar-refractivity contribution in [1.29, 1.82) is 0 Å². The van der Waals surface area contributed by atoms with E-state index in [4.69, 9.17) is 0 Å². The molecule has 1 N–H and O–H groups in total. The molecule has 0 spiro atoms. The first-order chi connectivity index (χ1) is 9.06. The minimum atomic E-state index is -0.227. The van der Waals surface area contributed by atoms with E-state index in [9.17, 15) is 4.39 Å². The molecule has 2 rings (SSSR count). The highest BCUT2D eigenvalue weighted by Crippen LogP contribution is 2.19. The Morgan fingerprint density at radius 2 is 1.95 bits per heavy atom. The summed E-state index contributed by atoms with van der Waals surface area (Å²) in [5.41, 5.74) is 2.13. The van der Waals surface area contributed by atoms with Crippen molar-refractivity contribution in [3.8, 4) is 0 Å². The molecule has 1 nitrogen and oxygen atoms in total. The summed E-state index contributed by atoms with van der Waals surface area (Å²) in [4.78, 5) is 0. The van der Waals surface area contributed by atoms with Gasteiger partial charge in [0.2, 0.25) is 0 Å². The quantitative estimate of drug-likeness (QED) is 0.761. The highest BCUT2D eigenvalue weighted by Gasteiger charge is 2.06. The first-order valence-corrected chi connectivity index (χ1v) is 7.57. The summed E-state index contributed by atoms with van der Waals surface area (Å²) in [5, 5.41) is 3.39. The third kappa shape index (κ3) is 4.13. The molecule has 0 radical (unpaired) electrons. The molecular weight excluding hydrogens is 373 g/mol. The molecule has 0 fully saturated rings. The van der Waals surface area contributed by atoms with Gasteiger partial charge in [-0.3, -0.25) is 0 Å². The van der Waals surface area contributed by atoms with Crippen LogP contribution in [0, 0.1) is 5.82 Å². The van der Waals surface area contributed by atoms with Gasteiger partial charge in [0.05, 0.1) is 4.47 Å². The van der Waals surface area contributed by atoms with Gasteiger partial charge in [0.1, 0.15) is 5.82 Å². The Balaban J connectivity index is 2.00. The average molecular weight is 387 g/mol. The molecule has 0 aliphatic carbocycles. The largest absolute Gasteiger partial charge is 0.306 e. The predicted molar refractivity (Wildman–Crippen MR) is 83.5 cm³/mol. The summed E-state index contributed by atoms with van der Waals surface area (Å²) < 4.78 is 15.0. The van der Waals surface area contributed by atoms with Crippen LogP contribution in [0.3, 0.4) is 0 Å². The van der Waals surface area contributed by atoms with Crippen LogP contribution in [-0.4, -0.2) is 0 Å². The number of hydrogen-bond acceptors (Lipinski definition) is 1. The van der Waals surface area contributed by atoms with Gasteiger partial charge in [-0.1, -0.05) is 34.1 Å². The van der Waals surface area contributed by atoms with Gasteiger partial charge in [0.15, 0.2) is 0 Å². The number of hydrogen-bond donors (Lipinski definition) is 1. The van der Waals surface area contributed by atoms with E-state index in [0.717, 1.165) is 10.0 Å². The van der Waals surface area contributed by atoms with Crippen molar-refractivity contribution in [3.05, 3.63) is 68.4 Å². The van der Waals surface area contributed by atoms with E-state index in [1.807, 2.05) is 18.2 Å². The standard InChI is InChI=1S/C15H14Br2FN/c1-10(12-3-2-4-13(16)8-12)19-9-11-5-6-14(17)15(18)7-11/h2-8,10,19H,9H2,1H3. The Kier molecular flexibility index (Phi) is 5.13. The molecule has 0 amide bonds. The monoisotopic (exact) mass is 385 g/mol. The lowest BCUT2D eigenvalue weighted by Crippen LogP contribution is -2.18. The molecule has 4 heteroatoms. The summed E-state index contributed by atoms with van der Waals surface area (Å²) in [5.74, 6) is -0.227. The first kappa shape index (κ1) is 14.7. The van der Waals surface area contributed by atoms with E-state index in [1.54, 1.807) is 12.1 Å². The maximum Gasteiger partial charge on any atom is 0.137 e. The zero-order chi connectivity index (χ0) is 13.8. The molecule has 0 saturated carbocycles. The van der Waals surface area contributed by atoms with Crippen molar-refractivity contribution < 1.29 is 4.39 Å². The summed E-state index contributed by atoms with van der Waals surface area (Å²) in [6.07, 6.45) is 0. The number of benzene rings is 2. The Hall–Kier alpha value is -0.710. The predicted octanol–water partition coefficient (Wildman–Crippen LogP) is 5.20. The third-order valence-electron chi connectivity index (χ3n) is 2.95. The van der Waals surface area contributed by atoms with Gasteiger partial charge < -0.3 is 5.32 Å². The summed E-state index contributed by atoms with van der Waals surface area (Å²) >= 11 is 6.61. The van der Waals surface area contributed by atoms with Crippen molar-refractivity contribution >= 4 is 31.9 Å². The maximum atomic E-state index is 13.4. The fourth-order valence-electron chi connectivity index (χ4n) is 1.81. The molecule has 19 heavy (non-hydrogen) atoms. The highest BCUT2D eigenvalue weighted by molar-refractivity contribution is 9.10. The first-order valence-electron chi connectivity index (χ1n) is 5.99. The van der Waals surface area contributed by atoms with Crippen LogP contribution in [0.15, 0.2) is 51.4 Å². The van der Waals surface area contributed by atoms with E-state index in [0.29, 0.717) is 11.0 Å². The average Bonchev–Trinajstić information content (AvgIpc) is 2.40. The molecule has 1 atom stereocenters. The van der Waals surface area contributed by atoms with Crippen LogP contribution in [0.25, 0.3) is 0 Å². The zero-order valence-electron chi connectivity index (χ0n) is 10.5. The van der Waals surface area contributed by atoms with Gasteiger partial charge in [0.25, 0.3) is 0 Å². The van der Waals surface area contributed by atoms with Crippen LogP contribution in [0.1, 0.15) is 24.1 Å². The normalized spacial score (nSPS) is 12.4. The fourth-order valence-corrected chi connectivity index (χ4v) is 2.48. The second-order valence-corrected chi connectivity index (χ2v) is 6.18.